The number of rotatable bonds is 6. The van der Waals surface area contributed by atoms with E-state index in [1.807, 2.05) is 54.6 Å². The number of fused-ring (bicyclic) bond motifs is 1. The van der Waals surface area contributed by atoms with Crippen LogP contribution >= 0.6 is 15.9 Å². The van der Waals surface area contributed by atoms with Gasteiger partial charge in [0.25, 0.3) is 5.91 Å². The topological polar surface area (TPSA) is 46.4 Å². The maximum atomic E-state index is 12.8. The van der Waals surface area contributed by atoms with Crippen LogP contribution in [0.2, 0.25) is 0 Å². The highest BCUT2D eigenvalue weighted by atomic mass is 79.9. The fourth-order valence-corrected chi connectivity index (χ4v) is 3.14. The quantitative estimate of drug-likeness (QED) is 0.611. The molecule has 0 unspecified atom stereocenters. The summed E-state index contributed by atoms with van der Waals surface area (Å²) in [5.41, 5.74) is 3.30. The number of amides is 1. The number of para-hydroxylation sites is 1. The van der Waals surface area contributed by atoms with Crippen molar-refractivity contribution in [3.8, 4) is 11.3 Å². The SMILES string of the molecule is C[NH+](C)CCCNC(=O)c1cc(-c2ccc(Br)cc2)nc2ccccc12. The first-order valence-corrected chi connectivity index (χ1v) is 9.57. The predicted molar refractivity (Wildman–Crippen MR) is 110 cm³/mol. The van der Waals surface area contributed by atoms with E-state index in [2.05, 4.69) is 35.3 Å². The third-order valence-electron chi connectivity index (χ3n) is 4.24. The van der Waals surface area contributed by atoms with E-state index in [4.69, 9.17) is 4.98 Å². The van der Waals surface area contributed by atoms with E-state index < -0.39 is 0 Å². The first-order chi connectivity index (χ1) is 12.5. The zero-order chi connectivity index (χ0) is 18.5. The van der Waals surface area contributed by atoms with Gasteiger partial charge in [-0.1, -0.05) is 46.3 Å². The molecule has 2 aromatic carbocycles. The molecule has 134 valence electrons. The molecular formula is C21H23BrN3O+. The molecule has 0 saturated carbocycles. The Balaban J connectivity index is 1.92. The van der Waals surface area contributed by atoms with Gasteiger partial charge in [0.15, 0.2) is 0 Å². The van der Waals surface area contributed by atoms with E-state index in [9.17, 15) is 4.79 Å². The van der Waals surface area contributed by atoms with Crippen LogP contribution in [0.5, 0.6) is 0 Å². The molecule has 4 nitrogen and oxygen atoms in total. The zero-order valence-electron chi connectivity index (χ0n) is 15.1. The first kappa shape index (κ1) is 18.5. The molecule has 0 spiro atoms. The van der Waals surface area contributed by atoms with Gasteiger partial charge < -0.3 is 10.2 Å². The van der Waals surface area contributed by atoms with Crippen molar-refractivity contribution in [1.82, 2.24) is 10.3 Å². The molecule has 26 heavy (non-hydrogen) atoms. The van der Waals surface area contributed by atoms with Gasteiger partial charge in [-0.25, -0.2) is 4.98 Å². The Morgan fingerprint density at radius 3 is 2.58 bits per heavy atom. The molecule has 0 bridgehead atoms. The van der Waals surface area contributed by atoms with Crippen molar-refractivity contribution in [3.05, 3.63) is 64.6 Å². The van der Waals surface area contributed by atoms with Gasteiger partial charge >= 0.3 is 0 Å². The van der Waals surface area contributed by atoms with Crippen molar-refractivity contribution in [3.63, 3.8) is 0 Å². The maximum absolute atomic E-state index is 12.8. The number of aromatic nitrogens is 1. The minimum absolute atomic E-state index is 0.0456. The molecular weight excluding hydrogens is 390 g/mol. The molecule has 1 heterocycles. The third kappa shape index (κ3) is 4.48. The lowest BCUT2D eigenvalue weighted by Gasteiger charge is -2.11. The number of nitrogens with zero attached hydrogens (tertiary/aromatic N) is 1. The Morgan fingerprint density at radius 1 is 1.12 bits per heavy atom. The maximum Gasteiger partial charge on any atom is 0.252 e. The Kier molecular flexibility index (Phi) is 6.01. The lowest BCUT2D eigenvalue weighted by Crippen LogP contribution is -3.05. The number of benzene rings is 2. The van der Waals surface area contributed by atoms with Crippen LogP contribution in [-0.4, -0.2) is 38.1 Å². The second-order valence-corrected chi connectivity index (χ2v) is 7.56. The minimum atomic E-state index is -0.0456. The summed E-state index contributed by atoms with van der Waals surface area (Å²) in [5, 5.41) is 3.93. The van der Waals surface area contributed by atoms with Gasteiger partial charge in [0.1, 0.15) is 0 Å². The van der Waals surface area contributed by atoms with Crippen molar-refractivity contribution < 1.29 is 9.69 Å². The van der Waals surface area contributed by atoms with Crippen LogP contribution in [0.4, 0.5) is 0 Å². The van der Waals surface area contributed by atoms with E-state index in [1.54, 1.807) is 0 Å². The summed E-state index contributed by atoms with van der Waals surface area (Å²) in [7, 11) is 4.23. The van der Waals surface area contributed by atoms with Crippen molar-refractivity contribution >= 4 is 32.7 Å². The van der Waals surface area contributed by atoms with E-state index in [1.165, 1.54) is 4.90 Å². The molecule has 5 heteroatoms. The van der Waals surface area contributed by atoms with Crippen LogP contribution in [0.15, 0.2) is 59.1 Å². The second-order valence-electron chi connectivity index (χ2n) is 6.65. The summed E-state index contributed by atoms with van der Waals surface area (Å²) in [4.78, 5) is 18.9. The fraction of sp³-hybridized carbons (Fsp3) is 0.238. The third-order valence-corrected chi connectivity index (χ3v) is 4.77. The molecule has 0 radical (unpaired) electrons. The molecule has 0 saturated heterocycles. The van der Waals surface area contributed by atoms with Gasteiger partial charge in [-0.05, 0) is 24.3 Å². The average molecular weight is 413 g/mol. The predicted octanol–water partition coefficient (Wildman–Crippen LogP) is 2.93. The standard InChI is InChI=1S/C21H22BrN3O/c1-25(2)13-5-12-23-21(26)18-14-20(15-8-10-16(22)11-9-15)24-19-7-4-3-6-17(18)19/h3-4,6-11,14H,5,12-13H2,1-2H3,(H,23,26)/p+1. The number of hydrogen-bond acceptors (Lipinski definition) is 2. The number of halogens is 1. The number of carbonyl (C=O) groups is 1. The fourth-order valence-electron chi connectivity index (χ4n) is 2.87. The minimum Gasteiger partial charge on any atom is -0.352 e. The summed E-state index contributed by atoms with van der Waals surface area (Å²) in [6.45, 7) is 1.70. The van der Waals surface area contributed by atoms with Gasteiger partial charge in [0.05, 0.1) is 37.4 Å². The van der Waals surface area contributed by atoms with Gasteiger partial charge in [0, 0.05) is 28.4 Å². The second kappa shape index (κ2) is 8.43. The Morgan fingerprint density at radius 2 is 1.85 bits per heavy atom. The Bertz CT molecular complexity index is 907. The molecule has 2 N–H and O–H groups in total. The van der Waals surface area contributed by atoms with Crippen LogP contribution in [-0.2, 0) is 0 Å². The molecule has 0 aliphatic rings. The summed E-state index contributed by atoms with van der Waals surface area (Å²) >= 11 is 3.45. The number of carbonyl (C=O) groups excluding carboxylic acids is 1. The summed E-state index contributed by atoms with van der Waals surface area (Å²) in [6.07, 6.45) is 0.955. The first-order valence-electron chi connectivity index (χ1n) is 8.77. The molecule has 0 aliphatic heterocycles. The largest absolute Gasteiger partial charge is 0.352 e. The molecule has 0 aliphatic carbocycles. The number of hydrogen-bond donors (Lipinski definition) is 2. The summed E-state index contributed by atoms with van der Waals surface area (Å²) < 4.78 is 1.02. The molecule has 1 amide bonds. The van der Waals surface area contributed by atoms with Gasteiger partial charge in [0.2, 0.25) is 0 Å². The number of nitrogens with one attached hydrogen (secondary N) is 2. The van der Waals surface area contributed by atoms with Gasteiger partial charge in [-0.2, -0.15) is 0 Å². The van der Waals surface area contributed by atoms with Crippen LogP contribution < -0.4 is 10.2 Å². The van der Waals surface area contributed by atoms with Gasteiger partial charge in [-0.3, -0.25) is 4.79 Å². The Hall–Kier alpha value is -2.24. The molecule has 1 aromatic heterocycles. The van der Waals surface area contributed by atoms with E-state index in [-0.39, 0.29) is 5.91 Å². The lowest BCUT2D eigenvalue weighted by atomic mass is 10.0. The van der Waals surface area contributed by atoms with Crippen LogP contribution in [0, 0.1) is 0 Å². The summed E-state index contributed by atoms with van der Waals surface area (Å²) in [5.74, 6) is -0.0456. The number of pyridine rings is 1. The van der Waals surface area contributed by atoms with E-state index in [0.29, 0.717) is 12.1 Å². The van der Waals surface area contributed by atoms with Crippen molar-refractivity contribution in [1.29, 1.82) is 0 Å². The highest BCUT2D eigenvalue weighted by molar-refractivity contribution is 9.10. The summed E-state index contributed by atoms with van der Waals surface area (Å²) in [6, 6.07) is 17.6. The molecule has 0 atom stereocenters. The van der Waals surface area contributed by atoms with Crippen LogP contribution in [0.1, 0.15) is 16.8 Å². The average Bonchev–Trinajstić information content (AvgIpc) is 2.64. The highest BCUT2D eigenvalue weighted by Crippen LogP contribution is 2.26. The van der Waals surface area contributed by atoms with E-state index >= 15 is 0 Å². The highest BCUT2D eigenvalue weighted by Gasteiger charge is 2.13. The normalized spacial score (nSPS) is 11.1. The van der Waals surface area contributed by atoms with Crippen molar-refractivity contribution in [2.45, 2.75) is 6.42 Å². The molecule has 0 fully saturated rings. The van der Waals surface area contributed by atoms with Crippen LogP contribution in [0.25, 0.3) is 22.2 Å². The zero-order valence-corrected chi connectivity index (χ0v) is 16.6. The molecule has 3 aromatic rings. The number of quaternary nitrogens is 1. The molecule has 3 rings (SSSR count). The van der Waals surface area contributed by atoms with Crippen LogP contribution in [0.3, 0.4) is 0 Å². The smallest absolute Gasteiger partial charge is 0.252 e. The van der Waals surface area contributed by atoms with Gasteiger partial charge in [-0.15, -0.1) is 0 Å². The van der Waals surface area contributed by atoms with Crippen molar-refractivity contribution in [2.75, 3.05) is 27.2 Å². The van der Waals surface area contributed by atoms with E-state index in [0.717, 1.165) is 39.6 Å². The lowest BCUT2D eigenvalue weighted by molar-refractivity contribution is -0.858. The Labute approximate surface area is 162 Å². The monoisotopic (exact) mass is 412 g/mol. The van der Waals surface area contributed by atoms with Crippen molar-refractivity contribution in [2.24, 2.45) is 0 Å².